The Kier molecular flexibility index (Phi) is 2.82. The van der Waals surface area contributed by atoms with Crippen LogP contribution in [0.4, 0.5) is 0 Å². The lowest BCUT2D eigenvalue weighted by molar-refractivity contribution is -0.116. The lowest BCUT2D eigenvalue weighted by Gasteiger charge is -2.13. The Labute approximate surface area is 95.9 Å². The molecule has 0 fully saturated rings. The summed E-state index contributed by atoms with van der Waals surface area (Å²) in [4.78, 5) is 11.5. The number of ether oxygens (including phenoxy) is 1. The van der Waals surface area contributed by atoms with Gasteiger partial charge in [0.05, 0.1) is 0 Å². The summed E-state index contributed by atoms with van der Waals surface area (Å²) >= 11 is 0. The summed E-state index contributed by atoms with van der Waals surface area (Å²) in [5, 5.41) is 0. The van der Waals surface area contributed by atoms with Crippen molar-refractivity contribution < 1.29 is 9.53 Å². The van der Waals surface area contributed by atoms with Crippen LogP contribution in [0.25, 0.3) is 5.57 Å². The van der Waals surface area contributed by atoms with E-state index in [0.717, 1.165) is 22.4 Å². The lowest BCUT2D eigenvalue weighted by atomic mass is 9.93. The number of hydrogen-bond donors (Lipinski definition) is 0. The van der Waals surface area contributed by atoms with Crippen LogP contribution in [0.1, 0.15) is 25.0 Å². The highest BCUT2D eigenvalue weighted by atomic mass is 16.5. The van der Waals surface area contributed by atoms with E-state index in [4.69, 9.17) is 4.74 Å². The van der Waals surface area contributed by atoms with Gasteiger partial charge in [-0.15, -0.1) is 0 Å². The number of rotatable bonds is 1. The Morgan fingerprint density at radius 1 is 1.31 bits per heavy atom. The first-order valence-corrected chi connectivity index (χ1v) is 5.56. The smallest absolute Gasteiger partial charge is 0.193 e. The molecule has 0 unspecified atom stereocenters. The second-order valence-electron chi connectivity index (χ2n) is 4.51. The second-order valence-corrected chi connectivity index (χ2v) is 4.51. The van der Waals surface area contributed by atoms with Crippen LogP contribution in [-0.2, 0) is 4.79 Å². The van der Waals surface area contributed by atoms with Gasteiger partial charge < -0.3 is 4.74 Å². The van der Waals surface area contributed by atoms with Crippen molar-refractivity contribution in [1.82, 2.24) is 0 Å². The van der Waals surface area contributed by atoms with Gasteiger partial charge in [-0.05, 0) is 36.1 Å². The molecule has 0 amide bonds. The molecular weight excluding hydrogens is 200 g/mol. The first-order chi connectivity index (χ1) is 7.58. The van der Waals surface area contributed by atoms with E-state index in [-0.39, 0.29) is 12.4 Å². The molecular formula is C14H16O2. The molecule has 1 aromatic carbocycles. The molecule has 0 bridgehead atoms. The molecule has 1 heterocycles. The molecule has 84 valence electrons. The number of hydrogen-bond acceptors (Lipinski definition) is 2. The Bertz CT molecular complexity index is 456. The van der Waals surface area contributed by atoms with E-state index >= 15 is 0 Å². The van der Waals surface area contributed by atoms with Gasteiger partial charge in [-0.3, -0.25) is 4.79 Å². The summed E-state index contributed by atoms with van der Waals surface area (Å²) in [5.74, 6) is 1.19. The van der Waals surface area contributed by atoms with E-state index in [1.165, 1.54) is 0 Å². The minimum atomic E-state index is 0.0394. The number of ketones is 1. The van der Waals surface area contributed by atoms with Crippen LogP contribution in [0.15, 0.2) is 24.3 Å². The monoisotopic (exact) mass is 216 g/mol. The molecule has 2 nitrogen and oxygen atoms in total. The Hall–Kier alpha value is -1.57. The van der Waals surface area contributed by atoms with Gasteiger partial charge in [-0.1, -0.05) is 26.0 Å². The first-order valence-electron chi connectivity index (χ1n) is 5.56. The highest BCUT2D eigenvalue weighted by molar-refractivity contribution is 5.99. The molecule has 0 aromatic heterocycles. The van der Waals surface area contributed by atoms with Crippen LogP contribution in [0.3, 0.4) is 0 Å². The third-order valence-electron chi connectivity index (χ3n) is 2.76. The quantitative estimate of drug-likeness (QED) is 0.721. The summed E-state index contributed by atoms with van der Waals surface area (Å²) in [7, 11) is 0. The number of carbonyl (C=O) groups is 1. The number of fused-ring (bicyclic) bond motifs is 1. The van der Waals surface area contributed by atoms with E-state index in [1.807, 2.05) is 25.1 Å². The van der Waals surface area contributed by atoms with Crippen LogP contribution >= 0.6 is 0 Å². The first kappa shape index (κ1) is 10.9. The maximum Gasteiger partial charge on any atom is 0.193 e. The van der Waals surface area contributed by atoms with Gasteiger partial charge >= 0.3 is 0 Å². The largest absolute Gasteiger partial charge is 0.485 e. The molecule has 2 rings (SSSR count). The molecule has 0 N–H and O–H groups in total. The van der Waals surface area contributed by atoms with E-state index in [0.29, 0.717) is 5.92 Å². The number of carbonyl (C=O) groups excluding carboxylic acids is 1. The standard InChI is InChI=1S/C14H16O2/c1-9(2)13-7-11(15)8-16-14-6-10(3)4-5-12(13)14/h4-7,9H,8H2,1-3H3. The highest BCUT2D eigenvalue weighted by Crippen LogP contribution is 2.33. The minimum Gasteiger partial charge on any atom is -0.485 e. The third kappa shape index (κ3) is 2.01. The van der Waals surface area contributed by atoms with Crippen LogP contribution in [0.5, 0.6) is 5.75 Å². The third-order valence-corrected chi connectivity index (χ3v) is 2.76. The van der Waals surface area contributed by atoms with Crippen molar-refractivity contribution >= 4 is 11.4 Å². The summed E-state index contributed by atoms with van der Waals surface area (Å²) in [5.41, 5.74) is 3.26. The van der Waals surface area contributed by atoms with Gasteiger partial charge in [0.1, 0.15) is 5.75 Å². The Morgan fingerprint density at radius 3 is 2.75 bits per heavy atom. The molecule has 1 aromatic rings. The molecule has 0 saturated heterocycles. The molecule has 2 heteroatoms. The van der Waals surface area contributed by atoms with Gasteiger partial charge in [0.15, 0.2) is 12.4 Å². The molecule has 0 aliphatic carbocycles. The SMILES string of the molecule is Cc1ccc2c(c1)OCC(=O)C=C2C(C)C. The molecule has 0 atom stereocenters. The Morgan fingerprint density at radius 2 is 2.06 bits per heavy atom. The van der Waals surface area contributed by atoms with Crippen LogP contribution < -0.4 is 4.74 Å². The van der Waals surface area contributed by atoms with E-state index < -0.39 is 0 Å². The topological polar surface area (TPSA) is 26.3 Å². The van der Waals surface area contributed by atoms with Crippen LogP contribution in [0, 0.1) is 12.8 Å². The fourth-order valence-corrected chi connectivity index (χ4v) is 1.91. The second kappa shape index (κ2) is 4.12. The fourth-order valence-electron chi connectivity index (χ4n) is 1.91. The molecule has 16 heavy (non-hydrogen) atoms. The van der Waals surface area contributed by atoms with Crippen molar-refractivity contribution in [2.75, 3.05) is 6.61 Å². The predicted octanol–water partition coefficient (Wildman–Crippen LogP) is 3.00. The zero-order valence-corrected chi connectivity index (χ0v) is 9.91. The molecule has 1 aliphatic rings. The van der Waals surface area contributed by atoms with E-state index in [1.54, 1.807) is 6.08 Å². The average molecular weight is 216 g/mol. The zero-order chi connectivity index (χ0) is 11.7. The van der Waals surface area contributed by atoms with Crippen molar-refractivity contribution in [2.24, 2.45) is 5.92 Å². The fraction of sp³-hybridized carbons (Fsp3) is 0.357. The molecule has 0 spiro atoms. The van der Waals surface area contributed by atoms with Gasteiger partial charge in [0.25, 0.3) is 0 Å². The van der Waals surface area contributed by atoms with Crippen molar-refractivity contribution in [1.29, 1.82) is 0 Å². The maximum atomic E-state index is 11.5. The highest BCUT2D eigenvalue weighted by Gasteiger charge is 2.18. The van der Waals surface area contributed by atoms with Crippen molar-refractivity contribution in [3.8, 4) is 5.75 Å². The number of benzene rings is 1. The van der Waals surface area contributed by atoms with Crippen molar-refractivity contribution in [2.45, 2.75) is 20.8 Å². The average Bonchev–Trinajstić information content (AvgIpc) is 2.38. The maximum absolute atomic E-state index is 11.5. The summed E-state index contributed by atoms with van der Waals surface area (Å²) in [6.45, 7) is 6.35. The summed E-state index contributed by atoms with van der Waals surface area (Å²) < 4.78 is 5.52. The minimum absolute atomic E-state index is 0.0394. The van der Waals surface area contributed by atoms with Crippen LogP contribution in [-0.4, -0.2) is 12.4 Å². The number of aryl methyl sites for hydroxylation is 1. The predicted molar refractivity (Wildman–Crippen MR) is 64.5 cm³/mol. The summed E-state index contributed by atoms with van der Waals surface area (Å²) in [6, 6.07) is 6.08. The number of allylic oxidation sites excluding steroid dienone is 1. The lowest BCUT2D eigenvalue weighted by Crippen LogP contribution is -2.06. The molecule has 0 radical (unpaired) electrons. The van der Waals surface area contributed by atoms with Gasteiger partial charge in [0.2, 0.25) is 0 Å². The Balaban J connectivity index is 2.56. The zero-order valence-electron chi connectivity index (χ0n) is 9.91. The summed E-state index contributed by atoms with van der Waals surface area (Å²) in [6.07, 6.45) is 1.71. The van der Waals surface area contributed by atoms with E-state index in [9.17, 15) is 4.79 Å². The molecule has 1 aliphatic heterocycles. The van der Waals surface area contributed by atoms with E-state index in [2.05, 4.69) is 13.8 Å². The van der Waals surface area contributed by atoms with Crippen molar-refractivity contribution in [3.63, 3.8) is 0 Å². The van der Waals surface area contributed by atoms with Gasteiger partial charge in [-0.2, -0.15) is 0 Å². The van der Waals surface area contributed by atoms with Crippen LogP contribution in [0.2, 0.25) is 0 Å². The molecule has 0 saturated carbocycles. The van der Waals surface area contributed by atoms with Gasteiger partial charge in [0, 0.05) is 5.56 Å². The normalized spacial score (nSPS) is 15.2. The van der Waals surface area contributed by atoms with Crippen molar-refractivity contribution in [3.05, 3.63) is 35.4 Å². The van der Waals surface area contributed by atoms with Gasteiger partial charge in [-0.25, -0.2) is 0 Å².